The monoisotopic (exact) mass is 351 g/mol. The van der Waals surface area contributed by atoms with Gasteiger partial charge < -0.3 is 4.90 Å². The number of benzene rings is 1. The number of rotatable bonds is 3. The zero-order valence-corrected chi connectivity index (χ0v) is 14.6. The summed E-state index contributed by atoms with van der Waals surface area (Å²) in [5, 5.41) is 0. The zero-order chi connectivity index (χ0) is 14.7. The minimum Gasteiger partial charge on any atom is -0.304 e. The Hall–Kier alpha value is -0.420. The van der Waals surface area contributed by atoms with Crippen LogP contribution in [0.2, 0.25) is 0 Å². The molecule has 3 rings (SSSR count). The molecule has 0 aromatic heterocycles. The molecule has 0 aliphatic carbocycles. The Balaban J connectivity index is 1.48. The molecule has 0 bridgehead atoms. The molecule has 0 amide bonds. The van der Waals surface area contributed by atoms with Crippen molar-refractivity contribution in [3.05, 3.63) is 34.3 Å². The van der Waals surface area contributed by atoms with E-state index in [0.29, 0.717) is 0 Å². The first-order valence-corrected chi connectivity index (χ1v) is 8.90. The Labute approximate surface area is 137 Å². The van der Waals surface area contributed by atoms with Crippen molar-refractivity contribution in [2.45, 2.75) is 25.4 Å². The van der Waals surface area contributed by atoms with E-state index in [2.05, 4.69) is 61.9 Å². The number of hydrogen-bond acceptors (Lipinski definition) is 3. The lowest BCUT2D eigenvalue weighted by Gasteiger charge is -2.42. The van der Waals surface area contributed by atoms with E-state index in [-0.39, 0.29) is 0 Å². The van der Waals surface area contributed by atoms with E-state index in [1.807, 2.05) is 0 Å². The molecule has 0 spiro atoms. The summed E-state index contributed by atoms with van der Waals surface area (Å²) in [6, 6.07) is 9.42. The number of halogens is 1. The smallest absolute Gasteiger partial charge is 0.0244 e. The second kappa shape index (κ2) is 7.23. The average molecular weight is 352 g/mol. The predicted molar refractivity (Wildman–Crippen MR) is 91.5 cm³/mol. The van der Waals surface area contributed by atoms with E-state index in [0.717, 1.165) is 12.6 Å². The summed E-state index contributed by atoms with van der Waals surface area (Å²) in [4.78, 5) is 7.76. The normalized spacial score (nSPS) is 23.5. The minimum absolute atomic E-state index is 0.814. The fourth-order valence-electron chi connectivity index (χ4n) is 3.50. The largest absolute Gasteiger partial charge is 0.304 e. The van der Waals surface area contributed by atoms with E-state index in [9.17, 15) is 0 Å². The van der Waals surface area contributed by atoms with Crippen LogP contribution >= 0.6 is 15.9 Å². The van der Waals surface area contributed by atoms with Gasteiger partial charge in [-0.2, -0.15) is 0 Å². The third kappa shape index (κ3) is 4.07. The van der Waals surface area contributed by atoms with Crippen LogP contribution in [0.4, 0.5) is 0 Å². The maximum Gasteiger partial charge on any atom is 0.0244 e. The van der Waals surface area contributed by atoms with Gasteiger partial charge in [0.25, 0.3) is 0 Å². The van der Waals surface area contributed by atoms with Crippen LogP contribution in [0.25, 0.3) is 0 Å². The van der Waals surface area contributed by atoms with E-state index in [4.69, 9.17) is 0 Å². The molecule has 1 aromatic rings. The minimum atomic E-state index is 0.814. The van der Waals surface area contributed by atoms with Crippen LogP contribution in [0.15, 0.2) is 28.7 Å². The molecule has 0 atom stereocenters. The molecule has 4 heteroatoms. The molecule has 0 N–H and O–H groups in total. The first-order chi connectivity index (χ1) is 10.2. The highest BCUT2D eigenvalue weighted by atomic mass is 79.9. The van der Waals surface area contributed by atoms with Crippen molar-refractivity contribution in [2.24, 2.45) is 0 Å². The van der Waals surface area contributed by atoms with E-state index in [1.165, 1.54) is 62.1 Å². The van der Waals surface area contributed by atoms with Crippen LogP contribution in [0.3, 0.4) is 0 Å². The second-order valence-electron chi connectivity index (χ2n) is 6.44. The summed E-state index contributed by atoms with van der Waals surface area (Å²) in [5.74, 6) is 0. The predicted octanol–water partition coefficient (Wildman–Crippen LogP) is 2.66. The molecule has 2 saturated heterocycles. The highest BCUT2D eigenvalue weighted by Crippen LogP contribution is 2.22. The van der Waals surface area contributed by atoms with Crippen molar-refractivity contribution in [3.8, 4) is 0 Å². The summed E-state index contributed by atoms with van der Waals surface area (Å²) < 4.78 is 1.24. The molecule has 1 aromatic carbocycles. The molecule has 2 aliphatic heterocycles. The van der Waals surface area contributed by atoms with Crippen molar-refractivity contribution in [2.75, 3.05) is 46.3 Å². The molecule has 21 heavy (non-hydrogen) atoms. The van der Waals surface area contributed by atoms with Gasteiger partial charge in [-0.05, 0) is 44.6 Å². The number of piperazine rings is 1. The van der Waals surface area contributed by atoms with Gasteiger partial charge in [-0.25, -0.2) is 0 Å². The van der Waals surface area contributed by atoms with Crippen molar-refractivity contribution in [3.63, 3.8) is 0 Å². The number of piperidine rings is 1. The maximum absolute atomic E-state index is 3.66. The van der Waals surface area contributed by atoms with Crippen LogP contribution in [0.5, 0.6) is 0 Å². The van der Waals surface area contributed by atoms with Crippen molar-refractivity contribution < 1.29 is 0 Å². The summed E-state index contributed by atoms with van der Waals surface area (Å²) in [6.07, 6.45) is 2.66. The first-order valence-electron chi connectivity index (χ1n) is 8.11. The van der Waals surface area contributed by atoms with Gasteiger partial charge in [0, 0.05) is 43.2 Å². The third-order valence-electron chi connectivity index (χ3n) is 4.96. The molecule has 2 aliphatic rings. The van der Waals surface area contributed by atoms with Crippen LogP contribution in [-0.2, 0) is 6.54 Å². The number of likely N-dealkylation sites (tertiary alicyclic amines) is 1. The van der Waals surface area contributed by atoms with Gasteiger partial charge in [0.05, 0.1) is 0 Å². The second-order valence-corrected chi connectivity index (χ2v) is 7.29. The highest BCUT2D eigenvalue weighted by molar-refractivity contribution is 9.10. The number of nitrogens with zero attached hydrogens (tertiary/aromatic N) is 3. The van der Waals surface area contributed by atoms with Crippen molar-refractivity contribution in [1.29, 1.82) is 0 Å². The summed E-state index contributed by atoms with van der Waals surface area (Å²) in [6.45, 7) is 8.53. The Morgan fingerprint density at radius 3 is 2.33 bits per heavy atom. The van der Waals surface area contributed by atoms with Gasteiger partial charge in [-0.1, -0.05) is 34.1 Å². The SMILES string of the molecule is CN1CCN(C2CCN(Cc3ccccc3Br)CC2)CC1. The van der Waals surface area contributed by atoms with Crippen LogP contribution in [0.1, 0.15) is 18.4 Å². The topological polar surface area (TPSA) is 9.72 Å². The highest BCUT2D eigenvalue weighted by Gasteiger charge is 2.26. The van der Waals surface area contributed by atoms with Crippen LogP contribution in [-0.4, -0.2) is 67.1 Å². The Morgan fingerprint density at radius 2 is 1.67 bits per heavy atom. The van der Waals surface area contributed by atoms with Crippen molar-refractivity contribution >= 4 is 15.9 Å². The average Bonchev–Trinajstić information content (AvgIpc) is 2.51. The molecular formula is C17H26BrN3. The first kappa shape index (κ1) is 15.5. The standard InChI is InChI=1S/C17H26BrN3/c1-19-10-12-21(13-11-19)16-6-8-20(9-7-16)14-15-4-2-3-5-17(15)18/h2-5,16H,6-14H2,1H3. The van der Waals surface area contributed by atoms with Gasteiger partial charge >= 0.3 is 0 Å². The lowest BCUT2D eigenvalue weighted by Crippen LogP contribution is -2.52. The lowest BCUT2D eigenvalue weighted by molar-refractivity contribution is 0.0657. The maximum atomic E-state index is 3.66. The van der Waals surface area contributed by atoms with Gasteiger partial charge in [0.15, 0.2) is 0 Å². The van der Waals surface area contributed by atoms with Gasteiger partial charge in [-0.15, -0.1) is 0 Å². The fraction of sp³-hybridized carbons (Fsp3) is 0.647. The fourth-order valence-corrected chi connectivity index (χ4v) is 3.91. The quantitative estimate of drug-likeness (QED) is 0.828. The van der Waals surface area contributed by atoms with E-state index >= 15 is 0 Å². The van der Waals surface area contributed by atoms with Gasteiger partial charge in [-0.3, -0.25) is 9.80 Å². The van der Waals surface area contributed by atoms with Gasteiger partial charge in [0.2, 0.25) is 0 Å². The van der Waals surface area contributed by atoms with Crippen molar-refractivity contribution in [1.82, 2.24) is 14.7 Å². The molecule has 0 saturated carbocycles. The van der Waals surface area contributed by atoms with Crippen LogP contribution < -0.4 is 0 Å². The molecule has 3 nitrogen and oxygen atoms in total. The number of likely N-dealkylation sites (N-methyl/N-ethyl adjacent to an activating group) is 1. The summed E-state index contributed by atoms with van der Waals surface area (Å²) in [7, 11) is 2.23. The lowest BCUT2D eigenvalue weighted by atomic mass is 10.0. The van der Waals surface area contributed by atoms with Gasteiger partial charge in [0.1, 0.15) is 0 Å². The Kier molecular flexibility index (Phi) is 5.33. The Morgan fingerprint density at radius 1 is 1.00 bits per heavy atom. The molecule has 2 heterocycles. The molecular weight excluding hydrogens is 326 g/mol. The van der Waals surface area contributed by atoms with E-state index in [1.54, 1.807) is 0 Å². The zero-order valence-electron chi connectivity index (χ0n) is 13.0. The molecule has 0 unspecified atom stereocenters. The third-order valence-corrected chi connectivity index (χ3v) is 5.74. The van der Waals surface area contributed by atoms with Crippen LogP contribution in [0, 0.1) is 0 Å². The molecule has 0 radical (unpaired) electrons. The number of hydrogen-bond donors (Lipinski definition) is 0. The Bertz CT molecular complexity index is 449. The molecule has 2 fully saturated rings. The summed E-state index contributed by atoms with van der Waals surface area (Å²) >= 11 is 3.66. The molecule has 116 valence electrons. The van der Waals surface area contributed by atoms with E-state index < -0.39 is 0 Å². The summed E-state index contributed by atoms with van der Waals surface area (Å²) in [5.41, 5.74) is 1.41.